The number of methoxy groups -OCH3 is 1. The summed E-state index contributed by atoms with van der Waals surface area (Å²) >= 11 is 5.96. The van der Waals surface area contributed by atoms with Crippen LogP contribution in [0.4, 0.5) is 0 Å². The van der Waals surface area contributed by atoms with Crippen molar-refractivity contribution in [2.24, 2.45) is 0 Å². The molecular weight excluding hydrogens is 296 g/mol. The molecule has 0 fully saturated rings. The van der Waals surface area contributed by atoms with Gasteiger partial charge in [0, 0.05) is 0 Å². The largest absolute Gasteiger partial charge is 0.497 e. The van der Waals surface area contributed by atoms with E-state index in [-0.39, 0.29) is 9.26 Å². The van der Waals surface area contributed by atoms with Crippen molar-refractivity contribution in [1.82, 2.24) is 0 Å². The molecule has 0 aliphatic carbocycles. The molecule has 0 saturated carbocycles. The SMILES string of the molecule is COc1ccc(/C=C(/Cl)S(=O)(=O)c2ccccc2)cc1. The van der Waals surface area contributed by atoms with Gasteiger partial charge in [-0.05, 0) is 35.9 Å². The summed E-state index contributed by atoms with van der Waals surface area (Å²) in [5.74, 6) is 0.698. The molecule has 0 unspecified atom stereocenters. The third-order valence-corrected chi connectivity index (χ3v) is 4.95. The highest BCUT2D eigenvalue weighted by Gasteiger charge is 2.18. The molecule has 2 aromatic carbocycles. The molecule has 0 radical (unpaired) electrons. The first kappa shape index (κ1) is 14.6. The van der Waals surface area contributed by atoms with Gasteiger partial charge in [-0.2, -0.15) is 0 Å². The fourth-order valence-electron chi connectivity index (χ4n) is 1.62. The lowest BCUT2D eigenvalue weighted by Gasteiger charge is -2.03. The van der Waals surface area contributed by atoms with Gasteiger partial charge in [0.25, 0.3) is 0 Å². The summed E-state index contributed by atoms with van der Waals surface area (Å²) in [5.41, 5.74) is 0.690. The van der Waals surface area contributed by atoms with E-state index in [9.17, 15) is 8.42 Å². The van der Waals surface area contributed by atoms with Crippen molar-refractivity contribution in [3.05, 3.63) is 64.5 Å². The Balaban J connectivity index is 2.34. The molecule has 3 nitrogen and oxygen atoms in total. The van der Waals surface area contributed by atoms with Crippen LogP contribution in [0, 0.1) is 0 Å². The average Bonchev–Trinajstić information content (AvgIpc) is 2.49. The van der Waals surface area contributed by atoms with E-state index in [1.807, 2.05) is 0 Å². The van der Waals surface area contributed by atoms with Crippen LogP contribution in [-0.2, 0) is 9.84 Å². The second-order valence-electron chi connectivity index (χ2n) is 4.04. The summed E-state index contributed by atoms with van der Waals surface area (Å²) in [5, 5.41) is 0. The quantitative estimate of drug-likeness (QED) is 0.865. The van der Waals surface area contributed by atoms with Crippen molar-refractivity contribution in [2.75, 3.05) is 7.11 Å². The molecule has 2 rings (SSSR count). The van der Waals surface area contributed by atoms with Crippen LogP contribution in [-0.4, -0.2) is 15.5 Å². The third kappa shape index (κ3) is 3.21. The zero-order chi connectivity index (χ0) is 14.6. The Morgan fingerprint density at radius 2 is 1.65 bits per heavy atom. The highest BCUT2D eigenvalue weighted by atomic mass is 35.5. The fraction of sp³-hybridized carbons (Fsp3) is 0.0667. The Bertz CT molecular complexity index is 705. The standard InChI is InChI=1S/C15H13ClO3S/c1-19-13-9-7-12(8-10-13)11-15(16)20(17,18)14-5-3-2-4-6-14/h2-11H,1H3/b15-11-. The molecule has 0 saturated heterocycles. The monoisotopic (exact) mass is 308 g/mol. The van der Waals surface area contributed by atoms with E-state index in [4.69, 9.17) is 16.3 Å². The highest BCUT2D eigenvalue weighted by Crippen LogP contribution is 2.24. The van der Waals surface area contributed by atoms with E-state index < -0.39 is 9.84 Å². The van der Waals surface area contributed by atoms with Gasteiger partial charge in [0.15, 0.2) is 0 Å². The molecule has 0 aliphatic rings. The van der Waals surface area contributed by atoms with Crippen molar-refractivity contribution in [3.8, 4) is 5.75 Å². The molecular formula is C15H13ClO3S. The lowest BCUT2D eigenvalue weighted by atomic mass is 10.2. The minimum absolute atomic E-state index is 0.176. The number of halogens is 1. The van der Waals surface area contributed by atoms with Crippen LogP contribution >= 0.6 is 11.6 Å². The number of sulfone groups is 1. The smallest absolute Gasteiger partial charge is 0.217 e. The Kier molecular flexibility index (Phi) is 4.47. The van der Waals surface area contributed by atoms with E-state index in [1.54, 1.807) is 49.6 Å². The van der Waals surface area contributed by atoms with Crippen LogP contribution in [0.15, 0.2) is 63.9 Å². The molecule has 5 heteroatoms. The van der Waals surface area contributed by atoms with Gasteiger partial charge in [-0.1, -0.05) is 41.9 Å². The van der Waals surface area contributed by atoms with Gasteiger partial charge >= 0.3 is 0 Å². The summed E-state index contributed by atoms with van der Waals surface area (Å²) in [6.45, 7) is 0. The zero-order valence-electron chi connectivity index (χ0n) is 10.8. The van der Waals surface area contributed by atoms with Crippen LogP contribution in [0.3, 0.4) is 0 Å². The molecule has 0 aliphatic heterocycles. The van der Waals surface area contributed by atoms with E-state index >= 15 is 0 Å². The maximum absolute atomic E-state index is 12.2. The van der Waals surface area contributed by atoms with Crippen LogP contribution in [0.1, 0.15) is 5.56 Å². The molecule has 20 heavy (non-hydrogen) atoms. The highest BCUT2D eigenvalue weighted by molar-refractivity contribution is 7.97. The first-order chi connectivity index (χ1) is 9.54. The van der Waals surface area contributed by atoms with Crippen LogP contribution in [0.25, 0.3) is 6.08 Å². The lowest BCUT2D eigenvalue weighted by molar-refractivity contribution is 0.415. The van der Waals surface area contributed by atoms with Gasteiger partial charge < -0.3 is 4.74 Å². The third-order valence-electron chi connectivity index (χ3n) is 2.71. The lowest BCUT2D eigenvalue weighted by Crippen LogP contribution is -2.00. The minimum atomic E-state index is -3.66. The number of benzene rings is 2. The number of hydrogen-bond donors (Lipinski definition) is 0. The van der Waals surface area contributed by atoms with Gasteiger partial charge in [-0.25, -0.2) is 8.42 Å². The summed E-state index contributed by atoms with van der Waals surface area (Å²) in [6, 6.07) is 15.0. The minimum Gasteiger partial charge on any atom is -0.497 e. The van der Waals surface area contributed by atoms with E-state index in [2.05, 4.69) is 0 Å². The van der Waals surface area contributed by atoms with Crippen molar-refractivity contribution < 1.29 is 13.2 Å². The maximum Gasteiger partial charge on any atom is 0.217 e. The van der Waals surface area contributed by atoms with Crippen molar-refractivity contribution in [3.63, 3.8) is 0 Å². The second kappa shape index (κ2) is 6.11. The Hall–Kier alpha value is -1.78. The van der Waals surface area contributed by atoms with Crippen molar-refractivity contribution >= 4 is 27.5 Å². The average molecular weight is 309 g/mol. The van der Waals surface area contributed by atoms with Gasteiger partial charge in [0.05, 0.1) is 12.0 Å². The molecule has 0 aromatic heterocycles. The number of rotatable bonds is 4. The van der Waals surface area contributed by atoms with Gasteiger partial charge in [-0.15, -0.1) is 0 Å². The molecule has 0 heterocycles. The molecule has 2 aromatic rings. The molecule has 0 amide bonds. The summed E-state index contributed by atoms with van der Waals surface area (Å²) < 4.78 is 29.3. The normalized spacial score (nSPS) is 12.2. The maximum atomic E-state index is 12.2. The van der Waals surface area contributed by atoms with Crippen molar-refractivity contribution in [1.29, 1.82) is 0 Å². The molecule has 0 bridgehead atoms. The van der Waals surface area contributed by atoms with E-state index in [0.29, 0.717) is 11.3 Å². The Morgan fingerprint density at radius 1 is 1.05 bits per heavy atom. The Labute approximate surface area is 123 Å². The summed E-state index contributed by atoms with van der Waals surface area (Å²) in [6.07, 6.45) is 1.42. The van der Waals surface area contributed by atoms with E-state index in [1.165, 1.54) is 18.2 Å². The van der Waals surface area contributed by atoms with E-state index in [0.717, 1.165) is 0 Å². The first-order valence-electron chi connectivity index (χ1n) is 5.85. The van der Waals surface area contributed by atoms with Crippen LogP contribution in [0.5, 0.6) is 5.75 Å². The first-order valence-corrected chi connectivity index (χ1v) is 7.71. The second-order valence-corrected chi connectivity index (χ2v) is 6.59. The van der Waals surface area contributed by atoms with Crippen molar-refractivity contribution in [2.45, 2.75) is 4.90 Å². The Morgan fingerprint density at radius 3 is 2.20 bits per heavy atom. The summed E-state index contributed by atoms with van der Waals surface area (Å²) in [4.78, 5) is 0.176. The topological polar surface area (TPSA) is 43.4 Å². The zero-order valence-corrected chi connectivity index (χ0v) is 12.4. The molecule has 0 atom stereocenters. The van der Waals surface area contributed by atoms with Crippen LogP contribution < -0.4 is 4.74 Å². The van der Waals surface area contributed by atoms with Gasteiger partial charge in [-0.3, -0.25) is 0 Å². The predicted molar refractivity (Wildman–Crippen MR) is 80.5 cm³/mol. The van der Waals surface area contributed by atoms with Crippen LogP contribution in [0.2, 0.25) is 0 Å². The molecule has 0 spiro atoms. The molecule has 0 N–H and O–H groups in total. The summed E-state index contributed by atoms with van der Waals surface area (Å²) in [7, 11) is -2.09. The number of ether oxygens (including phenoxy) is 1. The van der Waals surface area contributed by atoms with Gasteiger partial charge in [0.2, 0.25) is 9.84 Å². The molecule has 104 valence electrons. The predicted octanol–water partition coefficient (Wildman–Crippen LogP) is 3.71. The van der Waals surface area contributed by atoms with Gasteiger partial charge in [0.1, 0.15) is 10.1 Å². The fourth-order valence-corrected chi connectivity index (χ4v) is 3.05. The number of hydrogen-bond acceptors (Lipinski definition) is 3.